The van der Waals surface area contributed by atoms with E-state index in [9.17, 15) is 13.6 Å². The predicted molar refractivity (Wildman–Crippen MR) is 91.0 cm³/mol. The van der Waals surface area contributed by atoms with Gasteiger partial charge in [-0.05, 0) is 31.5 Å². The Morgan fingerprint density at radius 3 is 2.72 bits per heavy atom. The molecule has 2 heterocycles. The van der Waals surface area contributed by atoms with Crippen molar-refractivity contribution in [3.8, 4) is 0 Å². The summed E-state index contributed by atoms with van der Waals surface area (Å²) in [5, 5.41) is 3.26. The van der Waals surface area contributed by atoms with E-state index in [2.05, 4.69) is 10.3 Å². The first-order valence-electron chi connectivity index (χ1n) is 7.76. The average molecular weight is 345 g/mol. The van der Waals surface area contributed by atoms with Gasteiger partial charge in [-0.2, -0.15) is 0 Å². The highest BCUT2D eigenvalue weighted by atomic mass is 19.1. The van der Waals surface area contributed by atoms with E-state index < -0.39 is 17.6 Å². The minimum atomic E-state index is -0.629. The normalized spacial score (nSPS) is 10.9. The van der Waals surface area contributed by atoms with Gasteiger partial charge in [-0.25, -0.2) is 13.6 Å². The zero-order chi connectivity index (χ0) is 18.1. The number of nitrogens with zero attached hydrogens (tertiary/aromatic N) is 2. The fourth-order valence-electron chi connectivity index (χ4n) is 2.78. The minimum absolute atomic E-state index is 0.101. The molecule has 1 N–H and O–H groups in total. The van der Waals surface area contributed by atoms with Crippen molar-refractivity contribution in [3.05, 3.63) is 53.5 Å². The molecule has 25 heavy (non-hydrogen) atoms. The lowest BCUT2D eigenvalue weighted by atomic mass is 10.2. The zero-order valence-corrected chi connectivity index (χ0v) is 14.1. The second kappa shape index (κ2) is 6.51. The number of pyridine rings is 1. The summed E-state index contributed by atoms with van der Waals surface area (Å²) in [5.41, 5.74) is 1.48. The van der Waals surface area contributed by atoms with Gasteiger partial charge in [0.05, 0.1) is 29.7 Å². The van der Waals surface area contributed by atoms with Gasteiger partial charge >= 0.3 is 5.97 Å². The standard InChI is InChI=1S/C18H17F2N3O2/c1-4-25-18(24)17-15(22-14-6-5-10(2)7-12(14)19)11-8-21-9-13(20)16(11)23(17)3/h5-9,22H,4H2,1-3H3. The number of anilines is 2. The number of rotatable bonds is 4. The summed E-state index contributed by atoms with van der Waals surface area (Å²) >= 11 is 0. The van der Waals surface area contributed by atoms with Crippen LogP contribution >= 0.6 is 0 Å². The maximum Gasteiger partial charge on any atom is 0.357 e. The molecular weight excluding hydrogens is 328 g/mol. The van der Waals surface area contributed by atoms with Crippen LogP contribution in [0.3, 0.4) is 0 Å². The van der Waals surface area contributed by atoms with E-state index in [-0.39, 0.29) is 29.2 Å². The van der Waals surface area contributed by atoms with Crippen molar-refractivity contribution in [1.82, 2.24) is 9.55 Å². The van der Waals surface area contributed by atoms with Crippen LogP contribution < -0.4 is 5.32 Å². The summed E-state index contributed by atoms with van der Waals surface area (Å²) in [6.07, 6.45) is 2.49. The molecule has 0 amide bonds. The third kappa shape index (κ3) is 2.93. The van der Waals surface area contributed by atoms with E-state index in [1.807, 2.05) is 0 Å². The van der Waals surface area contributed by atoms with E-state index in [1.54, 1.807) is 33.0 Å². The third-order valence-electron chi connectivity index (χ3n) is 3.90. The van der Waals surface area contributed by atoms with Crippen LogP contribution in [0.1, 0.15) is 23.0 Å². The number of fused-ring (bicyclic) bond motifs is 1. The van der Waals surface area contributed by atoms with Crippen LogP contribution in [0.5, 0.6) is 0 Å². The molecular formula is C18H17F2N3O2. The first kappa shape index (κ1) is 16.9. The van der Waals surface area contributed by atoms with Crippen molar-refractivity contribution in [2.24, 2.45) is 7.05 Å². The molecule has 0 spiro atoms. The Morgan fingerprint density at radius 2 is 2.04 bits per heavy atom. The van der Waals surface area contributed by atoms with Gasteiger partial charge < -0.3 is 14.6 Å². The molecule has 0 unspecified atom stereocenters. The van der Waals surface area contributed by atoms with Crippen LogP contribution in [0.2, 0.25) is 0 Å². The molecule has 0 saturated carbocycles. The van der Waals surface area contributed by atoms with Crippen molar-refractivity contribution >= 4 is 28.2 Å². The fraction of sp³-hybridized carbons (Fsp3) is 0.222. The van der Waals surface area contributed by atoms with Crippen LogP contribution in [-0.4, -0.2) is 22.1 Å². The van der Waals surface area contributed by atoms with E-state index in [0.717, 1.165) is 11.8 Å². The molecule has 0 fully saturated rings. The summed E-state index contributed by atoms with van der Waals surface area (Å²) in [5.74, 6) is -1.69. The smallest absolute Gasteiger partial charge is 0.357 e. The summed E-state index contributed by atoms with van der Waals surface area (Å²) in [4.78, 5) is 16.2. The molecule has 2 aromatic heterocycles. The Morgan fingerprint density at radius 1 is 1.28 bits per heavy atom. The second-order valence-corrected chi connectivity index (χ2v) is 5.63. The molecule has 0 bridgehead atoms. The number of ether oxygens (including phenoxy) is 1. The summed E-state index contributed by atoms with van der Waals surface area (Å²) in [7, 11) is 1.55. The van der Waals surface area contributed by atoms with E-state index in [1.165, 1.54) is 16.8 Å². The second-order valence-electron chi connectivity index (χ2n) is 5.63. The Bertz CT molecular complexity index is 967. The quantitative estimate of drug-likeness (QED) is 0.724. The first-order chi connectivity index (χ1) is 11.9. The number of nitrogens with one attached hydrogen (secondary N) is 1. The summed E-state index contributed by atoms with van der Waals surface area (Å²) in [6.45, 7) is 3.61. The average Bonchev–Trinajstić information content (AvgIpc) is 2.84. The Kier molecular flexibility index (Phi) is 4.39. The molecule has 3 rings (SSSR count). The van der Waals surface area contributed by atoms with Crippen molar-refractivity contribution in [1.29, 1.82) is 0 Å². The van der Waals surface area contributed by atoms with Gasteiger partial charge in [-0.15, -0.1) is 0 Å². The largest absolute Gasteiger partial charge is 0.461 e. The van der Waals surface area contributed by atoms with Crippen molar-refractivity contribution in [2.75, 3.05) is 11.9 Å². The fourth-order valence-corrected chi connectivity index (χ4v) is 2.78. The third-order valence-corrected chi connectivity index (χ3v) is 3.90. The van der Waals surface area contributed by atoms with Gasteiger partial charge in [0.25, 0.3) is 0 Å². The molecule has 5 nitrogen and oxygen atoms in total. The highest BCUT2D eigenvalue weighted by Crippen LogP contribution is 2.34. The molecule has 1 aromatic carbocycles. The Hall–Kier alpha value is -2.96. The first-order valence-corrected chi connectivity index (χ1v) is 7.76. The summed E-state index contributed by atoms with van der Waals surface area (Å²) < 4.78 is 34.9. The number of carbonyl (C=O) groups is 1. The van der Waals surface area contributed by atoms with Gasteiger partial charge in [-0.1, -0.05) is 6.07 Å². The van der Waals surface area contributed by atoms with Crippen LogP contribution in [0, 0.1) is 18.6 Å². The number of aryl methyl sites for hydroxylation is 2. The molecule has 0 saturated heterocycles. The molecule has 0 atom stereocenters. The van der Waals surface area contributed by atoms with Gasteiger partial charge in [0.15, 0.2) is 11.5 Å². The molecule has 0 aliphatic rings. The van der Waals surface area contributed by atoms with Crippen LogP contribution in [-0.2, 0) is 11.8 Å². The maximum absolute atomic E-state index is 14.2. The summed E-state index contributed by atoms with van der Waals surface area (Å²) in [6, 6.07) is 4.67. The predicted octanol–water partition coefficient (Wildman–Crippen LogP) is 4.08. The molecule has 3 aromatic rings. The van der Waals surface area contributed by atoms with Crippen molar-refractivity contribution in [2.45, 2.75) is 13.8 Å². The highest BCUT2D eigenvalue weighted by Gasteiger charge is 2.25. The lowest BCUT2D eigenvalue weighted by molar-refractivity contribution is 0.0517. The number of benzene rings is 1. The lowest BCUT2D eigenvalue weighted by Gasteiger charge is -2.10. The van der Waals surface area contributed by atoms with E-state index in [0.29, 0.717) is 5.39 Å². The number of carbonyl (C=O) groups excluding carboxylic acids is 1. The van der Waals surface area contributed by atoms with Gasteiger partial charge in [0.2, 0.25) is 0 Å². The Balaban J connectivity index is 2.23. The van der Waals surface area contributed by atoms with Gasteiger partial charge in [0.1, 0.15) is 5.82 Å². The van der Waals surface area contributed by atoms with Crippen LogP contribution in [0.15, 0.2) is 30.6 Å². The molecule has 0 aliphatic carbocycles. The van der Waals surface area contributed by atoms with Crippen LogP contribution in [0.4, 0.5) is 20.2 Å². The molecule has 7 heteroatoms. The van der Waals surface area contributed by atoms with Crippen molar-refractivity contribution < 1.29 is 18.3 Å². The zero-order valence-electron chi connectivity index (χ0n) is 14.1. The van der Waals surface area contributed by atoms with E-state index >= 15 is 0 Å². The molecule has 130 valence electrons. The molecule has 0 aliphatic heterocycles. The van der Waals surface area contributed by atoms with Gasteiger partial charge in [-0.3, -0.25) is 4.98 Å². The Labute approximate surface area is 143 Å². The number of aromatic nitrogens is 2. The van der Waals surface area contributed by atoms with Gasteiger partial charge in [0, 0.05) is 18.6 Å². The van der Waals surface area contributed by atoms with Crippen LogP contribution in [0.25, 0.3) is 10.9 Å². The topological polar surface area (TPSA) is 56.1 Å². The number of halogens is 2. The number of hydrogen-bond acceptors (Lipinski definition) is 4. The minimum Gasteiger partial charge on any atom is -0.461 e. The maximum atomic E-state index is 14.2. The van der Waals surface area contributed by atoms with E-state index in [4.69, 9.17) is 4.74 Å². The highest BCUT2D eigenvalue weighted by molar-refractivity contribution is 6.07. The number of esters is 1. The monoisotopic (exact) mass is 345 g/mol. The SMILES string of the molecule is CCOC(=O)c1c(Nc2ccc(C)cc2F)c2cncc(F)c2n1C. The number of hydrogen-bond donors (Lipinski definition) is 1. The lowest BCUT2D eigenvalue weighted by Crippen LogP contribution is -2.12. The van der Waals surface area contributed by atoms with Crippen molar-refractivity contribution in [3.63, 3.8) is 0 Å². The molecule has 0 radical (unpaired) electrons.